The zero-order chi connectivity index (χ0) is 19.4. The number of hydrogen-bond donors (Lipinski definition) is 2. The van der Waals surface area contributed by atoms with Gasteiger partial charge in [0.1, 0.15) is 6.04 Å². The largest absolute Gasteiger partial charge is 0.311 e. The third-order valence-electron chi connectivity index (χ3n) is 6.40. The summed E-state index contributed by atoms with van der Waals surface area (Å²) >= 11 is 0. The monoisotopic (exact) mass is 382 g/mol. The number of amides is 4. The van der Waals surface area contributed by atoms with E-state index in [9.17, 15) is 19.2 Å². The maximum atomic E-state index is 12.9. The van der Waals surface area contributed by atoms with Crippen LogP contribution >= 0.6 is 0 Å². The molecule has 4 aliphatic rings. The Bertz CT molecular complexity index is 898. The Morgan fingerprint density at radius 2 is 1.82 bits per heavy atom. The molecule has 8 nitrogen and oxygen atoms in total. The molecule has 1 aliphatic carbocycles. The summed E-state index contributed by atoms with van der Waals surface area (Å²) in [6.07, 6.45) is 2.69. The Kier molecular flexibility index (Phi) is 4.06. The van der Waals surface area contributed by atoms with E-state index in [2.05, 4.69) is 15.5 Å². The Labute approximate surface area is 162 Å². The third kappa shape index (κ3) is 2.67. The number of hydrogen-bond acceptors (Lipinski definition) is 6. The average Bonchev–Trinajstić information content (AvgIpc) is 2.88. The van der Waals surface area contributed by atoms with Gasteiger partial charge in [-0.15, -0.1) is 0 Å². The van der Waals surface area contributed by atoms with Crippen molar-refractivity contribution in [1.82, 2.24) is 20.4 Å². The van der Waals surface area contributed by atoms with E-state index in [4.69, 9.17) is 0 Å². The minimum atomic E-state index is -0.919. The first-order valence-corrected chi connectivity index (χ1v) is 9.85. The average molecular weight is 382 g/mol. The van der Waals surface area contributed by atoms with E-state index in [1.807, 2.05) is 6.07 Å². The quantitative estimate of drug-likeness (QED) is 0.716. The Hall–Kier alpha value is -2.58. The van der Waals surface area contributed by atoms with Gasteiger partial charge in [0.25, 0.3) is 11.8 Å². The van der Waals surface area contributed by atoms with Crippen molar-refractivity contribution in [2.45, 2.75) is 50.4 Å². The Morgan fingerprint density at radius 3 is 2.57 bits per heavy atom. The highest BCUT2D eigenvalue weighted by Gasteiger charge is 2.45. The molecule has 1 saturated carbocycles. The van der Waals surface area contributed by atoms with Crippen LogP contribution in [0.2, 0.25) is 0 Å². The van der Waals surface area contributed by atoms with Crippen molar-refractivity contribution >= 4 is 23.6 Å². The van der Waals surface area contributed by atoms with Crippen LogP contribution in [0.5, 0.6) is 0 Å². The number of benzene rings is 1. The lowest BCUT2D eigenvalue weighted by atomic mass is 9.83. The third-order valence-corrected chi connectivity index (χ3v) is 6.40. The molecule has 8 heteroatoms. The molecule has 0 aromatic heterocycles. The van der Waals surface area contributed by atoms with Crippen molar-refractivity contribution in [2.75, 3.05) is 13.1 Å². The molecule has 4 amide bonds. The Morgan fingerprint density at radius 1 is 1.00 bits per heavy atom. The van der Waals surface area contributed by atoms with Crippen molar-refractivity contribution in [2.24, 2.45) is 0 Å². The molecule has 3 heterocycles. The summed E-state index contributed by atoms with van der Waals surface area (Å²) in [5.74, 6) is -1.85. The molecule has 0 spiro atoms. The molecule has 28 heavy (non-hydrogen) atoms. The van der Waals surface area contributed by atoms with Crippen LogP contribution in [-0.4, -0.2) is 64.6 Å². The van der Waals surface area contributed by atoms with Gasteiger partial charge in [0.05, 0.1) is 11.1 Å². The lowest BCUT2D eigenvalue weighted by molar-refractivity contribution is -0.136. The summed E-state index contributed by atoms with van der Waals surface area (Å²) in [6, 6.07) is 5.56. The van der Waals surface area contributed by atoms with E-state index in [1.165, 1.54) is 12.8 Å². The van der Waals surface area contributed by atoms with Crippen LogP contribution in [0.25, 0.3) is 0 Å². The first kappa shape index (κ1) is 17.5. The topological polar surface area (TPSA) is 98.8 Å². The summed E-state index contributed by atoms with van der Waals surface area (Å²) in [5, 5.41) is 5.75. The first-order valence-electron chi connectivity index (χ1n) is 9.85. The van der Waals surface area contributed by atoms with E-state index >= 15 is 0 Å². The van der Waals surface area contributed by atoms with E-state index in [-0.39, 0.29) is 18.7 Å². The molecule has 3 fully saturated rings. The molecule has 146 valence electrons. The highest BCUT2D eigenvalue weighted by atomic mass is 16.2. The van der Waals surface area contributed by atoms with Gasteiger partial charge in [-0.1, -0.05) is 6.07 Å². The number of rotatable bonds is 3. The van der Waals surface area contributed by atoms with Gasteiger partial charge in [-0.2, -0.15) is 0 Å². The molecule has 5 rings (SSSR count). The van der Waals surface area contributed by atoms with Crippen LogP contribution in [0, 0.1) is 0 Å². The van der Waals surface area contributed by atoms with Crippen LogP contribution in [-0.2, 0) is 16.1 Å². The highest BCUT2D eigenvalue weighted by Crippen LogP contribution is 2.31. The molecule has 2 N–H and O–H groups in total. The second-order valence-corrected chi connectivity index (χ2v) is 8.00. The Balaban J connectivity index is 1.37. The second-order valence-electron chi connectivity index (χ2n) is 8.00. The van der Waals surface area contributed by atoms with Gasteiger partial charge >= 0.3 is 0 Å². The minimum absolute atomic E-state index is 0.126. The molecule has 3 unspecified atom stereocenters. The van der Waals surface area contributed by atoms with Crippen molar-refractivity contribution < 1.29 is 19.2 Å². The van der Waals surface area contributed by atoms with Crippen LogP contribution in [0.4, 0.5) is 0 Å². The van der Waals surface area contributed by atoms with Gasteiger partial charge in [0, 0.05) is 38.1 Å². The van der Waals surface area contributed by atoms with Crippen LogP contribution in [0.3, 0.4) is 0 Å². The van der Waals surface area contributed by atoms with Crippen molar-refractivity contribution in [3.05, 3.63) is 34.9 Å². The predicted molar refractivity (Wildman–Crippen MR) is 98.3 cm³/mol. The standard InChI is InChI=1S/C20H22N4O4/c25-17-6-5-16(18(26)22-17)24-19(27)12-2-1-11(9-13(12)20(24)28)10-23-8-7-21-14-3-4-15(14)23/h1-2,9,14-16,21H,3-8,10H2,(H,22,25,26). The maximum Gasteiger partial charge on any atom is 0.262 e. The molecule has 3 atom stereocenters. The van der Waals surface area contributed by atoms with Gasteiger partial charge in [-0.25, -0.2) is 0 Å². The fourth-order valence-electron chi connectivity index (χ4n) is 4.76. The number of carbonyl (C=O) groups is 4. The fraction of sp³-hybridized carbons (Fsp3) is 0.500. The number of piperazine rings is 1. The second kappa shape index (κ2) is 6.49. The molecule has 3 aliphatic heterocycles. The molecule has 0 bridgehead atoms. The zero-order valence-electron chi connectivity index (χ0n) is 15.4. The molecular weight excluding hydrogens is 360 g/mol. The lowest BCUT2D eigenvalue weighted by Gasteiger charge is -2.49. The van der Waals surface area contributed by atoms with Gasteiger partial charge in [-0.05, 0) is 37.0 Å². The van der Waals surface area contributed by atoms with Crippen molar-refractivity contribution in [3.8, 4) is 0 Å². The number of fused-ring (bicyclic) bond motifs is 2. The van der Waals surface area contributed by atoms with Crippen LogP contribution < -0.4 is 10.6 Å². The summed E-state index contributed by atoms with van der Waals surface area (Å²) < 4.78 is 0. The molecule has 1 aromatic carbocycles. The first-order chi connectivity index (χ1) is 13.5. The number of nitrogens with zero attached hydrogens (tertiary/aromatic N) is 2. The molecule has 0 radical (unpaired) electrons. The van der Waals surface area contributed by atoms with E-state index in [1.54, 1.807) is 12.1 Å². The predicted octanol–water partition coefficient (Wildman–Crippen LogP) is 0.0240. The van der Waals surface area contributed by atoms with Gasteiger partial charge in [0.15, 0.2) is 0 Å². The number of carbonyl (C=O) groups excluding carboxylic acids is 4. The fourth-order valence-corrected chi connectivity index (χ4v) is 4.76. The zero-order valence-corrected chi connectivity index (χ0v) is 15.4. The molecule has 2 saturated heterocycles. The number of imide groups is 2. The summed E-state index contributed by atoms with van der Waals surface area (Å²) in [5.41, 5.74) is 1.69. The van der Waals surface area contributed by atoms with E-state index in [0.717, 1.165) is 30.1 Å². The molecule has 1 aromatic rings. The van der Waals surface area contributed by atoms with Crippen molar-refractivity contribution in [3.63, 3.8) is 0 Å². The maximum absolute atomic E-state index is 12.9. The molecular formula is C20H22N4O4. The van der Waals surface area contributed by atoms with Gasteiger partial charge in [0.2, 0.25) is 11.8 Å². The summed E-state index contributed by atoms with van der Waals surface area (Å²) in [4.78, 5) is 52.7. The minimum Gasteiger partial charge on any atom is -0.311 e. The van der Waals surface area contributed by atoms with Gasteiger partial charge in [-0.3, -0.25) is 34.3 Å². The number of piperidine rings is 1. The van der Waals surface area contributed by atoms with E-state index in [0.29, 0.717) is 23.2 Å². The summed E-state index contributed by atoms with van der Waals surface area (Å²) in [7, 11) is 0. The number of nitrogens with one attached hydrogen (secondary N) is 2. The van der Waals surface area contributed by atoms with Crippen LogP contribution in [0.15, 0.2) is 18.2 Å². The van der Waals surface area contributed by atoms with E-state index < -0.39 is 23.8 Å². The lowest BCUT2D eigenvalue weighted by Crippen LogP contribution is -2.62. The summed E-state index contributed by atoms with van der Waals surface area (Å²) in [6.45, 7) is 2.68. The van der Waals surface area contributed by atoms with Crippen molar-refractivity contribution in [1.29, 1.82) is 0 Å². The normalized spacial score (nSPS) is 30.0. The SMILES string of the molecule is O=C1CCC(N2C(=O)c3ccc(CN4CCNC5CCC54)cc3C2=O)C(=O)N1. The van der Waals surface area contributed by atoms with Crippen LogP contribution in [0.1, 0.15) is 52.0 Å². The highest BCUT2D eigenvalue weighted by molar-refractivity contribution is 6.23. The van der Waals surface area contributed by atoms with Gasteiger partial charge < -0.3 is 5.32 Å². The smallest absolute Gasteiger partial charge is 0.262 e.